The average molecular weight is 328 g/mol. The number of nitriles is 1. The molecule has 0 bridgehead atoms. The molecule has 24 heavy (non-hydrogen) atoms. The SMILES string of the molecule is N#Cc1ccc2nc(-c3cnccc3C(F)(F)F)n(C3CC3)c2c1. The second kappa shape index (κ2) is 5.06. The molecular weight excluding hydrogens is 317 g/mol. The van der Waals surface area contributed by atoms with E-state index in [1.54, 1.807) is 18.2 Å². The van der Waals surface area contributed by atoms with Crippen LogP contribution in [0.5, 0.6) is 0 Å². The first-order valence-corrected chi connectivity index (χ1v) is 7.42. The van der Waals surface area contributed by atoms with Crippen LogP contribution in [0.2, 0.25) is 0 Å². The first-order chi connectivity index (χ1) is 11.5. The summed E-state index contributed by atoms with van der Waals surface area (Å²) in [5, 5.41) is 9.08. The number of rotatable bonds is 2. The van der Waals surface area contributed by atoms with E-state index < -0.39 is 11.7 Å². The highest BCUT2D eigenvalue weighted by atomic mass is 19.4. The summed E-state index contributed by atoms with van der Waals surface area (Å²) in [5.74, 6) is 0.253. The summed E-state index contributed by atoms with van der Waals surface area (Å²) < 4.78 is 41.9. The Balaban J connectivity index is 2.02. The van der Waals surface area contributed by atoms with Gasteiger partial charge in [-0.2, -0.15) is 18.4 Å². The van der Waals surface area contributed by atoms with E-state index in [0.29, 0.717) is 16.6 Å². The Kier molecular flexibility index (Phi) is 3.10. The Morgan fingerprint density at radius 3 is 2.67 bits per heavy atom. The summed E-state index contributed by atoms with van der Waals surface area (Å²) >= 11 is 0. The number of hydrogen-bond donors (Lipinski definition) is 0. The standard InChI is InChI=1S/C17H11F3N4/c18-17(19,20)13-5-6-22-9-12(13)16-23-14-4-1-10(8-21)7-15(14)24(16)11-2-3-11/h1,4-7,9,11H,2-3H2. The molecule has 0 spiro atoms. The number of imidazole rings is 1. The zero-order valence-corrected chi connectivity index (χ0v) is 12.4. The number of pyridine rings is 1. The topological polar surface area (TPSA) is 54.5 Å². The highest BCUT2D eigenvalue weighted by Gasteiger charge is 2.36. The molecule has 1 saturated carbocycles. The van der Waals surface area contributed by atoms with Crippen molar-refractivity contribution in [2.24, 2.45) is 0 Å². The van der Waals surface area contributed by atoms with Gasteiger partial charge in [-0.1, -0.05) is 0 Å². The van der Waals surface area contributed by atoms with Crippen molar-refractivity contribution >= 4 is 11.0 Å². The quantitative estimate of drug-likeness (QED) is 0.704. The summed E-state index contributed by atoms with van der Waals surface area (Å²) in [4.78, 5) is 8.26. The average Bonchev–Trinajstić information content (AvgIpc) is 3.33. The third-order valence-electron chi connectivity index (χ3n) is 4.10. The molecular formula is C17H11F3N4. The van der Waals surface area contributed by atoms with Gasteiger partial charge >= 0.3 is 6.18 Å². The number of halogens is 3. The van der Waals surface area contributed by atoms with Crippen LogP contribution in [0.4, 0.5) is 13.2 Å². The zero-order chi connectivity index (χ0) is 16.9. The minimum absolute atomic E-state index is 0.0355. The maximum atomic E-state index is 13.3. The number of benzene rings is 1. The maximum Gasteiger partial charge on any atom is 0.417 e. The van der Waals surface area contributed by atoms with Crippen LogP contribution in [0, 0.1) is 11.3 Å². The van der Waals surface area contributed by atoms with E-state index in [1.807, 2.05) is 4.57 Å². The largest absolute Gasteiger partial charge is 0.417 e. The molecule has 0 unspecified atom stereocenters. The second-order valence-corrected chi connectivity index (χ2v) is 5.77. The molecule has 4 nitrogen and oxygen atoms in total. The van der Waals surface area contributed by atoms with E-state index in [9.17, 15) is 13.2 Å². The Bertz CT molecular complexity index is 978. The monoisotopic (exact) mass is 328 g/mol. The Morgan fingerprint density at radius 2 is 2.00 bits per heavy atom. The lowest BCUT2D eigenvalue weighted by molar-refractivity contribution is -0.137. The Morgan fingerprint density at radius 1 is 1.21 bits per heavy atom. The van der Waals surface area contributed by atoms with Gasteiger partial charge in [0.1, 0.15) is 5.82 Å². The highest BCUT2D eigenvalue weighted by molar-refractivity contribution is 5.83. The lowest BCUT2D eigenvalue weighted by atomic mass is 10.1. The molecule has 0 radical (unpaired) electrons. The van der Waals surface area contributed by atoms with E-state index in [2.05, 4.69) is 16.0 Å². The molecule has 2 aromatic heterocycles. The van der Waals surface area contributed by atoms with Crippen LogP contribution in [-0.4, -0.2) is 14.5 Å². The molecule has 1 fully saturated rings. The van der Waals surface area contributed by atoms with Gasteiger partial charge in [0.25, 0.3) is 0 Å². The minimum atomic E-state index is -4.48. The fourth-order valence-corrected chi connectivity index (χ4v) is 2.87. The van der Waals surface area contributed by atoms with Crippen LogP contribution < -0.4 is 0 Å². The summed E-state index contributed by atoms with van der Waals surface area (Å²) in [5.41, 5.74) is 0.927. The number of fused-ring (bicyclic) bond motifs is 1. The number of alkyl halides is 3. The number of hydrogen-bond acceptors (Lipinski definition) is 3. The molecule has 0 atom stereocenters. The first-order valence-electron chi connectivity index (χ1n) is 7.42. The van der Waals surface area contributed by atoms with Gasteiger partial charge in [-0.25, -0.2) is 4.98 Å². The van der Waals surface area contributed by atoms with E-state index in [1.165, 1.54) is 6.20 Å². The van der Waals surface area contributed by atoms with Crippen LogP contribution in [0.25, 0.3) is 22.4 Å². The number of nitrogens with zero attached hydrogens (tertiary/aromatic N) is 4. The van der Waals surface area contributed by atoms with Crippen molar-refractivity contribution in [2.75, 3.05) is 0 Å². The lowest BCUT2D eigenvalue weighted by Gasteiger charge is -2.13. The van der Waals surface area contributed by atoms with Gasteiger partial charge < -0.3 is 4.57 Å². The van der Waals surface area contributed by atoms with E-state index in [-0.39, 0.29) is 17.4 Å². The van der Waals surface area contributed by atoms with Crippen molar-refractivity contribution in [3.8, 4) is 17.5 Å². The van der Waals surface area contributed by atoms with Gasteiger partial charge in [-0.15, -0.1) is 0 Å². The summed E-state index contributed by atoms with van der Waals surface area (Å²) in [6.45, 7) is 0. The molecule has 2 heterocycles. The summed E-state index contributed by atoms with van der Waals surface area (Å²) in [7, 11) is 0. The van der Waals surface area contributed by atoms with Crippen molar-refractivity contribution in [3.05, 3.63) is 47.8 Å². The van der Waals surface area contributed by atoms with E-state index in [0.717, 1.165) is 25.1 Å². The Hall–Kier alpha value is -2.88. The molecule has 7 heteroatoms. The summed E-state index contributed by atoms with van der Waals surface area (Å²) in [6, 6.07) is 8.09. The molecule has 1 aliphatic rings. The molecule has 1 aliphatic carbocycles. The van der Waals surface area contributed by atoms with Gasteiger partial charge in [0.2, 0.25) is 0 Å². The summed E-state index contributed by atoms with van der Waals surface area (Å²) in [6.07, 6.45) is -0.380. The zero-order valence-electron chi connectivity index (χ0n) is 12.4. The third kappa shape index (κ3) is 2.31. The van der Waals surface area contributed by atoms with Crippen LogP contribution in [0.1, 0.15) is 30.0 Å². The smallest absolute Gasteiger partial charge is 0.321 e. The third-order valence-corrected chi connectivity index (χ3v) is 4.10. The van der Waals surface area contributed by atoms with Crippen LogP contribution >= 0.6 is 0 Å². The predicted octanol–water partition coefficient (Wildman–Crippen LogP) is 4.32. The van der Waals surface area contributed by atoms with Gasteiger partial charge in [-0.05, 0) is 37.1 Å². The normalized spacial score (nSPS) is 14.8. The molecule has 0 amide bonds. The molecule has 3 aromatic rings. The molecule has 120 valence electrons. The van der Waals surface area contributed by atoms with E-state index in [4.69, 9.17) is 5.26 Å². The van der Waals surface area contributed by atoms with Crippen molar-refractivity contribution in [3.63, 3.8) is 0 Å². The van der Waals surface area contributed by atoms with Gasteiger partial charge in [-0.3, -0.25) is 4.98 Å². The highest BCUT2D eigenvalue weighted by Crippen LogP contribution is 2.43. The molecule has 0 aliphatic heterocycles. The molecule has 0 N–H and O–H groups in total. The van der Waals surface area contributed by atoms with Gasteiger partial charge in [0, 0.05) is 24.0 Å². The van der Waals surface area contributed by atoms with Crippen LogP contribution in [0.3, 0.4) is 0 Å². The Labute approximate surface area is 135 Å². The van der Waals surface area contributed by atoms with Crippen LogP contribution in [0.15, 0.2) is 36.7 Å². The first kappa shape index (κ1) is 14.7. The lowest BCUT2D eigenvalue weighted by Crippen LogP contribution is -2.09. The number of aromatic nitrogens is 3. The van der Waals surface area contributed by atoms with Crippen molar-refractivity contribution < 1.29 is 13.2 Å². The van der Waals surface area contributed by atoms with Gasteiger partial charge in [0.15, 0.2) is 0 Å². The fourth-order valence-electron chi connectivity index (χ4n) is 2.87. The minimum Gasteiger partial charge on any atom is -0.321 e. The molecule has 0 saturated heterocycles. The van der Waals surface area contributed by atoms with Crippen molar-refractivity contribution in [1.82, 2.24) is 14.5 Å². The molecule has 4 rings (SSSR count). The van der Waals surface area contributed by atoms with Crippen LogP contribution in [-0.2, 0) is 6.18 Å². The fraction of sp³-hybridized carbons (Fsp3) is 0.235. The maximum absolute atomic E-state index is 13.3. The second-order valence-electron chi connectivity index (χ2n) is 5.77. The van der Waals surface area contributed by atoms with Crippen molar-refractivity contribution in [2.45, 2.75) is 25.1 Å². The van der Waals surface area contributed by atoms with Gasteiger partial charge in [0.05, 0.1) is 28.2 Å². The van der Waals surface area contributed by atoms with E-state index >= 15 is 0 Å². The van der Waals surface area contributed by atoms with Crippen molar-refractivity contribution in [1.29, 1.82) is 5.26 Å². The predicted molar refractivity (Wildman–Crippen MR) is 81.0 cm³/mol. The molecule has 1 aromatic carbocycles.